The lowest BCUT2D eigenvalue weighted by Gasteiger charge is -2.17. The summed E-state index contributed by atoms with van der Waals surface area (Å²) in [6, 6.07) is 36.9. The van der Waals surface area contributed by atoms with Crippen LogP contribution in [0.1, 0.15) is 11.1 Å². The zero-order chi connectivity index (χ0) is 31.1. The Morgan fingerprint density at radius 3 is 1.93 bits per heavy atom. The molecule has 0 saturated heterocycles. The van der Waals surface area contributed by atoms with Gasteiger partial charge < -0.3 is 10.2 Å². The first kappa shape index (κ1) is 28.1. The Hall–Kier alpha value is -5.75. The van der Waals surface area contributed by atoms with Gasteiger partial charge in [0.2, 0.25) is 0 Å². The highest BCUT2D eigenvalue weighted by molar-refractivity contribution is 6.36. The fraction of sp³-hybridized carbons (Fsp3) is 0.0513. The van der Waals surface area contributed by atoms with Crippen molar-refractivity contribution in [3.8, 4) is 67.7 Å². The fourth-order valence-corrected chi connectivity index (χ4v) is 5.86. The van der Waals surface area contributed by atoms with Crippen LogP contribution >= 0.6 is 0 Å². The summed E-state index contributed by atoms with van der Waals surface area (Å²) in [5, 5.41) is 24.4. The maximum atomic E-state index is 11.2. The van der Waals surface area contributed by atoms with Crippen LogP contribution in [0, 0.1) is 13.8 Å². The van der Waals surface area contributed by atoms with Crippen molar-refractivity contribution in [2.75, 3.05) is 0 Å². The van der Waals surface area contributed by atoms with Crippen LogP contribution in [0.5, 0.6) is 11.5 Å². The van der Waals surface area contributed by atoms with Gasteiger partial charge in [0.1, 0.15) is 19.3 Å². The standard InChI is InChI=1S/C39H28BN3O2/c1-23-35(38(45)36(40)24(2)37(23)44)39-42-33(28-13-5-11-26(19-28)30-15-8-18-41-22-30)21-34(43-39)29-14-6-12-27(20-29)32-17-7-10-25-9-3-4-16-31(25)32/h3-22,44-45H,1-2H3. The number of aromatic nitrogens is 3. The summed E-state index contributed by atoms with van der Waals surface area (Å²) >= 11 is 0. The Morgan fingerprint density at radius 2 is 1.20 bits per heavy atom. The van der Waals surface area contributed by atoms with Crippen LogP contribution < -0.4 is 5.46 Å². The van der Waals surface area contributed by atoms with Gasteiger partial charge in [0.05, 0.1) is 17.0 Å². The van der Waals surface area contributed by atoms with E-state index in [1.54, 1.807) is 20.0 Å². The first-order valence-electron chi connectivity index (χ1n) is 14.7. The topological polar surface area (TPSA) is 79.1 Å². The lowest BCUT2D eigenvalue weighted by atomic mass is 9.85. The van der Waals surface area contributed by atoms with E-state index >= 15 is 0 Å². The van der Waals surface area contributed by atoms with Crippen LogP contribution in [0.15, 0.2) is 122 Å². The molecule has 2 radical (unpaired) electrons. The first-order chi connectivity index (χ1) is 21.9. The van der Waals surface area contributed by atoms with Crippen LogP contribution in [0.2, 0.25) is 0 Å². The normalized spacial score (nSPS) is 11.2. The number of phenols is 2. The summed E-state index contributed by atoms with van der Waals surface area (Å²) in [5.74, 6) is 0.119. The molecule has 7 aromatic rings. The zero-order valence-corrected chi connectivity index (χ0v) is 24.9. The molecule has 0 aliphatic rings. The summed E-state index contributed by atoms with van der Waals surface area (Å²) in [7, 11) is 6.23. The largest absolute Gasteiger partial charge is 0.508 e. The van der Waals surface area contributed by atoms with E-state index in [1.165, 1.54) is 10.8 Å². The summed E-state index contributed by atoms with van der Waals surface area (Å²) in [6.45, 7) is 3.41. The van der Waals surface area contributed by atoms with Crippen LogP contribution in [-0.2, 0) is 0 Å². The summed E-state index contributed by atoms with van der Waals surface area (Å²) in [5.41, 5.74) is 8.51. The molecule has 0 aliphatic heterocycles. The van der Waals surface area contributed by atoms with E-state index in [0.29, 0.717) is 28.1 Å². The molecule has 0 bridgehead atoms. The SMILES string of the molecule is [B]c1c(C)c(O)c(C)c(-c2nc(-c3cccc(-c4cccnc4)c3)cc(-c3cccc(-c4cccc5ccccc45)c3)n2)c1O. The number of aromatic hydroxyl groups is 2. The molecule has 0 fully saturated rings. The number of phenolic OH excluding ortho intramolecular Hbond substituents is 2. The lowest BCUT2D eigenvalue weighted by Crippen LogP contribution is -2.11. The predicted octanol–water partition coefficient (Wildman–Crippen LogP) is 8.18. The van der Waals surface area contributed by atoms with E-state index in [9.17, 15) is 10.2 Å². The quantitative estimate of drug-likeness (QED) is 0.158. The Morgan fingerprint density at radius 1 is 0.578 bits per heavy atom. The minimum atomic E-state index is -0.153. The summed E-state index contributed by atoms with van der Waals surface area (Å²) < 4.78 is 0. The monoisotopic (exact) mass is 581 g/mol. The second-order valence-corrected chi connectivity index (χ2v) is 11.1. The zero-order valence-electron chi connectivity index (χ0n) is 24.9. The molecule has 0 saturated carbocycles. The average Bonchev–Trinajstić information content (AvgIpc) is 3.10. The molecule has 0 spiro atoms. The molecular formula is C39H28BN3O2. The maximum Gasteiger partial charge on any atom is 0.164 e. The van der Waals surface area contributed by atoms with Crippen molar-refractivity contribution in [2.45, 2.75) is 13.8 Å². The molecule has 7 rings (SSSR count). The second-order valence-electron chi connectivity index (χ2n) is 11.1. The van der Waals surface area contributed by atoms with Gasteiger partial charge in [-0.1, -0.05) is 84.9 Å². The molecule has 5 aromatic carbocycles. The molecule has 2 N–H and O–H groups in total. The van der Waals surface area contributed by atoms with Crippen molar-refractivity contribution in [3.63, 3.8) is 0 Å². The second kappa shape index (κ2) is 11.4. The van der Waals surface area contributed by atoms with E-state index in [2.05, 4.69) is 59.6 Å². The van der Waals surface area contributed by atoms with Crippen molar-refractivity contribution >= 4 is 24.1 Å². The first-order valence-corrected chi connectivity index (χ1v) is 14.7. The number of fused-ring (bicyclic) bond motifs is 1. The van der Waals surface area contributed by atoms with Gasteiger partial charge in [-0.2, -0.15) is 0 Å². The molecule has 5 nitrogen and oxygen atoms in total. The lowest BCUT2D eigenvalue weighted by molar-refractivity contribution is 0.457. The Kier molecular flexibility index (Phi) is 7.10. The smallest absolute Gasteiger partial charge is 0.164 e. The molecule has 2 aromatic heterocycles. The minimum absolute atomic E-state index is 0.00683. The van der Waals surface area contributed by atoms with Gasteiger partial charge in [-0.15, -0.1) is 0 Å². The predicted molar refractivity (Wildman–Crippen MR) is 183 cm³/mol. The molecule has 214 valence electrons. The van der Waals surface area contributed by atoms with Gasteiger partial charge in [0, 0.05) is 34.6 Å². The Balaban J connectivity index is 1.45. The molecule has 0 aliphatic carbocycles. The highest BCUT2D eigenvalue weighted by Gasteiger charge is 2.21. The van der Waals surface area contributed by atoms with E-state index in [-0.39, 0.29) is 22.8 Å². The number of pyridine rings is 1. The average molecular weight is 581 g/mol. The minimum Gasteiger partial charge on any atom is -0.508 e. The molecule has 0 amide bonds. The fourth-order valence-electron chi connectivity index (χ4n) is 5.86. The number of hydrogen-bond acceptors (Lipinski definition) is 5. The van der Waals surface area contributed by atoms with Gasteiger partial charge >= 0.3 is 0 Å². The third-order valence-corrected chi connectivity index (χ3v) is 8.34. The van der Waals surface area contributed by atoms with E-state index in [0.717, 1.165) is 33.4 Å². The molecule has 0 unspecified atom stereocenters. The number of hydrogen-bond donors (Lipinski definition) is 2. The van der Waals surface area contributed by atoms with E-state index in [1.807, 2.05) is 60.8 Å². The highest BCUT2D eigenvalue weighted by atomic mass is 16.3. The van der Waals surface area contributed by atoms with Crippen LogP contribution in [0.25, 0.3) is 66.9 Å². The molecule has 6 heteroatoms. The van der Waals surface area contributed by atoms with Gasteiger partial charge in [0.15, 0.2) is 5.82 Å². The van der Waals surface area contributed by atoms with Crippen LogP contribution in [0.3, 0.4) is 0 Å². The number of benzene rings is 5. The van der Waals surface area contributed by atoms with Crippen LogP contribution in [-0.4, -0.2) is 33.0 Å². The summed E-state index contributed by atoms with van der Waals surface area (Å²) in [4.78, 5) is 14.2. The Bertz CT molecular complexity index is 2200. The van der Waals surface area contributed by atoms with Gasteiger partial charge in [0.25, 0.3) is 0 Å². The number of rotatable bonds is 5. The van der Waals surface area contributed by atoms with Gasteiger partial charge in [-0.05, 0) is 76.6 Å². The van der Waals surface area contributed by atoms with Crippen molar-refractivity contribution < 1.29 is 10.2 Å². The van der Waals surface area contributed by atoms with E-state index < -0.39 is 0 Å². The maximum absolute atomic E-state index is 11.2. The molecule has 2 heterocycles. The van der Waals surface area contributed by atoms with Crippen molar-refractivity contribution in [1.82, 2.24) is 15.0 Å². The van der Waals surface area contributed by atoms with Crippen molar-refractivity contribution in [2.24, 2.45) is 0 Å². The molecular weight excluding hydrogens is 553 g/mol. The molecule has 0 atom stereocenters. The number of nitrogens with zero attached hydrogens (tertiary/aromatic N) is 3. The van der Waals surface area contributed by atoms with Crippen LogP contribution in [0.4, 0.5) is 0 Å². The van der Waals surface area contributed by atoms with Crippen molar-refractivity contribution in [1.29, 1.82) is 0 Å². The van der Waals surface area contributed by atoms with Gasteiger partial charge in [-0.25, -0.2) is 9.97 Å². The molecule has 45 heavy (non-hydrogen) atoms. The summed E-state index contributed by atoms with van der Waals surface area (Å²) in [6.07, 6.45) is 3.58. The van der Waals surface area contributed by atoms with E-state index in [4.69, 9.17) is 17.8 Å². The third-order valence-electron chi connectivity index (χ3n) is 8.34. The van der Waals surface area contributed by atoms with Gasteiger partial charge in [-0.3, -0.25) is 4.98 Å². The highest BCUT2D eigenvalue weighted by Crippen LogP contribution is 2.39. The van der Waals surface area contributed by atoms with Crippen molar-refractivity contribution in [3.05, 3.63) is 133 Å². The Labute approximate surface area is 263 Å². The third kappa shape index (κ3) is 5.10.